The minimum absolute atomic E-state index is 0.192. The van der Waals surface area contributed by atoms with Crippen LogP contribution < -0.4 is 5.30 Å². The molecule has 1 aromatic carbocycles. The molecule has 1 aromatic rings. The van der Waals surface area contributed by atoms with Crippen molar-refractivity contribution in [1.82, 2.24) is 0 Å². The third-order valence-corrected chi connectivity index (χ3v) is 2.32. The van der Waals surface area contributed by atoms with Crippen molar-refractivity contribution in [2.24, 2.45) is 0 Å². The average Bonchev–Trinajstić information content (AvgIpc) is 1.86. The molecule has 0 atom stereocenters. The van der Waals surface area contributed by atoms with Crippen molar-refractivity contribution in [3.05, 3.63) is 29.8 Å². The van der Waals surface area contributed by atoms with Crippen LogP contribution in [0.4, 0.5) is 0 Å². The topological polar surface area (TPSA) is 60.7 Å². The Labute approximate surface area is 65.5 Å². The van der Waals surface area contributed by atoms with Crippen LogP contribution in [0.25, 0.3) is 0 Å². The monoisotopic (exact) mass is 173 g/mol. The lowest BCUT2D eigenvalue weighted by molar-refractivity contribution is 0.347. The first-order chi connectivity index (χ1) is 5.00. The van der Waals surface area contributed by atoms with E-state index in [1.807, 2.05) is 13.0 Å². The fraction of sp³-hybridized carbons (Fsp3) is 0.143. The highest BCUT2D eigenvalue weighted by Crippen LogP contribution is 2.42. The maximum Gasteiger partial charge on any atom is 0.440 e. The van der Waals surface area contributed by atoms with Crippen molar-refractivity contribution in [3.63, 3.8) is 0 Å². The van der Waals surface area contributed by atoms with Gasteiger partial charge in [0.15, 0.2) is 5.30 Å². The first-order valence-electron chi connectivity index (χ1n) is 3.14. The number of rotatable bonds is 1. The SMILES string of the molecule is Cc1cccc([P+](O)(O)O)c1. The lowest BCUT2D eigenvalue weighted by Gasteiger charge is -2.02. The van der Waals surface area contributed by atoms with Crippen molar-refractivity contribution < 1.29 is 14.7 Å². The van der Waals surface area contributed by atoms with Gasteiger partial charge in [0.2, 0.25) is 0 Å². The fourth-order valence-corrected chi connectivity index (χ4v) is 1.48. The molecule has 0 bridgehead atoms. The molecule has 0 saturated heterocycles. The maximum absolute atomic E-state index is 8.84. The molecule has 0 heterocycles. The van der Waals surface area contributed by atoms with Crippen molar-refractivity contribution in [2.45, 2.75) is 6.92 Å². The highest BCUT2D eigenvalue weighted by Gasteiger charge is 2.33. The minimum atomic E-state index is -3.80. The van der Waals surface area contributed by atoms with Crippen LogP contribution in [-0.2, 0) is 0 Å². The zero-order valence-corrected chi connectivity index (χ0v) is 6.99. The van der Waals surface area contributed by atoms with Crippen LogP contribution in [0.3, 0.4) is 0 Å². The van der Waals surface area contributed by atoms with Gasteiger partial charge in [0.25, 0.3) is 0 Å². The molecule has 0 radical (unpaired) electrons. The summed E-state index contributed by atoms with van der Waals surface area (Å²) >= 11 is 0. The van der Waals surface area contributed by atoms with Gasteiger partial charge < -0.3 is 0 Å². The van der Waals surface area contributed by atoms with Crippen molar-refractivity contribution in [2.75, 3.05) is 0 Å². The molecule has 60 valence electrons. The van der Waals surface area contributed by atoms with E-state index < -0.39 is 7.94 Å². The molecule has 0 aliphatic rings. The molecule has 0 aromatic heterocycles. The van der Waals surface area contributed by atoms with Gasteiger partial charge in [-0.05, 0) is 24.6 Å². The van der Waals surface area contributed by atoms with Gasteiger partial charge >= 0.3 is 7.94 Å². The van der Waals surface area contributed by atoms with Gasteiger partial charge in [-0.15, -0.1) is 0 Å². The molecule has 0 aliphatic carbocycles. The van der Waals surface area contributed by atoms with Crippen molar-refractivity contribution >= 4 is 13.2 Å². The van der Waals surface area contributed by atoms with Gasteiger partial charge in [-0.1, -0.05) is 12.1 Å². The molecule has 3 N–H and O–H groups in total. The number of hydrogen-bond donors (Lipinski definition) is 3. The maximum atomic E-state index is 8.84. The molecule has 0 spiro atoms. The Kier molecular flexibility index (Phi) is 2.25. The predicted octanol–water partition coefficient (Wildman–Crippen LogP) is 0.360. The third-order valence-electron chi connectivity index (χ3n) is 1.35. The molecule has 4 heteroatoms. The van der Waals surface area contributed by atoms with Crippen molar-refractivity contribution in [3.8, 4) is 0 Å². The summed E-state index contributed by atoms with van der Waals surface area (Å²) in [6, 6.07) is 6.52. The van der Waals surface area contributed by atoms with Crippen molar-refractivity contribution in [1.29, 1.82) is 0 Å². The summed E-state index contributed by atoms with van der Waals surface area (Å²) in [4.78, 5) is 26.5. The normalized spacial score (nSPS) is 11.6. The standard InChI is InChI=1S/C7H10O3P/c1-6-3-2-4-7(5-6)11(8,9)10/h2-5,8-10H,1H3/q+1. The lowest BCUT2D eigenvalue weighted by atomic mass is 10.2. The third kappa shape index (κ3) is 2.24. The van der Waals surface area contributed by atoms with Gasteiger partial charge in [0.1, 0.15) is 0 Å². The zero-order valence-electron chi connectivity index (χ0n) is 6.10. The molecule has 0 fully saturated rings. The van der Waals surface area contributed by atoms with Crippen LogP contribution in [0, 0.1) is 6.92 Å². The highest BCUT2D eigenvalue weighted by molar-refractivity contribution is 7.66. The van der Waals surface area contributed by atoms with Crippen LogP contribution in [0.5, 0.6) is 0 Å². The second kappa shape index (κ2) is 2.88. The molecule has 0 aliphatic heterocycles. The Morgan fingerprint density at radius 1 is 1.18 bits per heavy atom. The molecule has 0 unspecified atom stereocenters. The van der Waals surface area contributed by atoms with Gasteiger partial charge in [-0.3, -0.25) is 0 Å². The van der Waals surface area contributed by atoms with E-state index in [1.165, 1.54) is 6.07 Å². The summed E-state index contributed by atoms with van der Waals surface area (Å²) in [5, 5.41) is 0.192. The number of aryl methyl sites for hydroxylation is 1. The number of hydrogen-bond acceptors (Lipinski definition) is 3. The molecule has 0 saturated carbocycles. The molecule has 1 rings (SSSR count). The first kappa shape index (κ1) is 8.62. The Hall–Kier alpha value is -0.470. The Morgan fingerprint density at radius 3 is 2.18 bits per heavy atom. The van der Waals surface area contributed by atoms with E-state index in [2.05, 4.69) is 0 Å². The van der Waals surface area contributed by atoms with E-state index in [-0.39, 0.29) is 5.30 Å². The van der Waals surface area contributed by atoms with Crippen LogP contribution in [0.15, 0.2) is 24.3 Å². The summed E-state index contributed by atoms with van der Waals surface area (Å²) in [6.07, 6.45) is 0. The van der Waals surface area contributed by atoms with Gasteiger partial charge in [-0.25, -0.2) is 0 Å². The first-order valence-corrected chi connectivity index (χ1v) is 4.79. The summed E-state index contributed by atoms with van der Waals surface area (Å²) in [7, 11) is -3.80. The van der Waals surface area contributed by atoms with Crippen LogP contribution in [-0.4, -0.2) is 14.7 Å². The second-order valence-corrected chi connectivity index (χ2v) is 4.06. The Bertz CT molecular complexity index is 254. The molecular formula is C7H10O3P+. The Morgan fingerprint density at radius 2 is 1.82 bits per heavy atom. The van der Waals surface area contributed by atoms with E-state index >= 15 is 0 Å². The van der Waals surface area contributed by atoms with Crippen LogP contribution in [0.1, 0.15) is 5.56 Å². The zero-order chi connectivity index (χ0) is 8.48. The van der Waals surface area contributed by atoms with E-state index in [0.29, 0.717) is 0 Å². The largest absolute Gasteiger partial charge is 0.440 e. The second-order valence-electron chi connectivity index (χ2n) is 2.41. The molecular weight excluding hydrogens is 163 g/mol. The summed E-state index contributed by atoms with van der Waals surface area (Å²) < 4.78 is 0. The van der Waals surface area contributed by atoms with Crippen LogP contribution in [0.2, 0.25) is 0 Å². The molecule has 0 amide bonds. The van der Waals surface area contributed by atoms with Crippen LogP contribution >= 0.6 is 7.94 Å². The highest BCUT2D eigenvalue weighted by atomic mass is 31.2. The minimum Gasteiger partial charge on any atom is -0.189 e. The van der Waals surface area contributed by atoms with E-state index in [0.717, 1.165) is 5.56 Å². The smallest absolute Gasteiger partial charge is 0.189 e. The van der Waals surface area contributed by atoms with E-state index in [1.54, 1.807) is 12.1 Å². The molecule has 3 nitrogen and oxygen atoms in total. The summed E-state index contributed by atoms with van der Waals surface area (Å²) in [6.45, 7) is 1.82. The quantitative estimate of drug-likeness (QED) is 0.537. The average molecular weight is 173 g/mol. The summed E-state index contributed by atoms with van der Waals surface area (Å²) in [5.74, 6) is 0. The summed E-state index contributed by atoms with van der Waals surface area (Å²) in [5.41, 5.74) is 0.893. The lowest BCUT2D eigenvalue weighted by Crippen LogP contribution is -2.08. The van der Waals surface area contributed by atoms with Gasteiger partial charge in [0.05, 0.1) is 0 Å². The number of benzene rings is 1. The molecule has 11 heavy (non-hydrogen) atoms. The van der Waals surface area contributed by atoms with Gasteiger partial charge in [0, 0.05) is 0 Å². The predicted molar refractivity (Wildman–Crippen MR) is 44.4 cm³/mol. The Balaban J connectivity index is 3.06. The van der Waals surface area contributed by atoms with E-state index in [4.69, 9.17) is 14.7 Å². The van der Waals surface area contributed by atoms with E-state index in [9.17, 15) is 0 Å². The van der Waals surface area contributed by atoms with Gasteiger partial charge in [-0.2, -0.15) is 14.7 Å². The fourth-order valence-electron chi connectivity index (χ4n) is 0.815.